The van der Waals surface area contributed by atoms with Crippen LogP contribution in [0.25, 0.3) is 0 Å². The summed E-state index contributed by atoms with van der Waals surface area (Å²) < 4.78 is 39.5. The number of nitrogens with zero attached hydrogens (tertiary/aromatic N) is 4. The van der Waals surface area contributed by atoms with Gasteiger partial charge in [0.05, 0.1) is 6.54 Å². The lowest BCUT2D eigenvalue weighted by Gasteiger charge is -2.36. The third-order valence-electron chi connectivity index (χ3n) is 4.04. The Labute approximate surface area is 122 Å². The van der Waals surface area contributed by atoms with Gasteiger partial charge in [-0.3, -0.25) is 4.90 Å². The summed E-state index contributed by atoms with van der Waals surface area (Å²) in [6.45, 7) is 6.79. The SMILES string of the molecule is CCCC(C)(CN)CN1CCn2c(nnc2C(F)(F)F)C1. The van der Waals surface area contributed by atoms with E-state index in [9.17, 15) is 13.2 Å². The van der Waals surface area contributed by atoms with Crippen molar-refractivity contribution < 1.29 is 13.2 Å². The van der Waals surface area contributed by atoms with Crippen LogP contribution in [-0.2, 0) is 19.3 Å². The molecule has 1 aliphatic rings. The first-order valence-corrected chi connectivity index (χ1v) is 7.21. The van der Waals surface area contributed by atoms with Crippen LogP contribution in [-0.4, -0.2) is 39.3 Å². The van der Waals surface area contributed by atoms with E-state index in [1.807, 2.05) is 0 Å². The Hall–Kier alpha value is -1.15. The second kappa shape index (κ2) is 5.92. The third kappa shape index (κ3) is 3.55. The number of alkyl halides is 3. The lowest BCUT2D eigenvalue weighted by atomic mass is 9.85. The molecule has 2 heterocycles. The molecule has 0 fully saturated rings. The van der Waals surface area contributed by atoms with Gasteiger partial charge in [0.15, 0.2) is 0 Å². The molecule has 1 aromatic rings. The van der Waals surface area contributed by atoms with Crippen LogP contribution < -0.4 is 5.73 Å². The highest BCUT2D eigenvalue weighted by atomic mass is 19.4. The summed E-state index contributed by atoms with van der Waals surface area (Å²) >= 11 is 0. The molecule has 8 heteroatoms. The van der Waals surface area contributed by atoms with Gasteiger partial charge in [0, 0.05) is 19.6 Å². The molecule has 1 aromatic heterocycles. The Bertz CT molecular complexity index is 485. The second-order valence-electron chi connectivity index (χ2n) is 6.06. The van der Waals surface area contributed by atoms with E-state index in [4.69, 9.17) is 5.73 Å². The molecular formula is C13H22F3N5. The third-order valence-corrected chi connectivity index (χ3v) is 4.04. The lowest BCUT2D eigenvalue weighted by Crippen LogP contribution is -2.44. The molecule has 1 aliphatic heterocycles. The van der Waals surface area contributed by atoms with Crippen LogP contribution in [0.15, 0.2) is 0 Å². The number of halogens is 3. The summed E-state index contributed by atoms with van der Waals surface area (Å²) in [5, 5.41) is 6.99. The van der Waals surface area contributed by atoms with E-state index in [2.05, 4.69) is 28.9 Å². The van der Waals surface area contributed by atoms with Crippen LogP contribution in [0.5, 0.6) is 0 Å². The molecular weight excluding hydrogens is 283 g/mol. The maximum Gasteiger partial charge on any atom is 0.451 e. The molecule has 1 atom stereocenters. The zero-order chi connectivity index (χ0) is 15.7. The first-order valence-electron chi connectivity index (χ1n) is 7.21. The Morgan fingerprint density at radius 3 is 2.52 bits per heavy atom. The van der Waals surface area contributed by atoms with E-state index in [-0.39, 0.29) is 12.0 Å². The maximum absolute atomic E-state index is 12.8. The Balaban J connectivity index is 2.09. The van der Waals surface area contributed by atoms with E-state index < -0.39 is 12.0 Å². The summed E-state index contributed by atoms with van der Waals surface area (Å²) in [6.07, 6.45) is -2.40. The maximum atomic E-state index is 12.8. The van der Waals surface area contributed by atoms with Crippen molar-refractivity contribution >= 4 is 0 Å². The van der Waals surface area contributed by atoms with Gasteiger partial charge < -0.3 is 10.3 Å². The topological polar surface area (TPSA) is 60.0 Å². The average molecular weight is 305 g/mol. The van der Waals surface area contributed by atoms with Gasteiger partial charge in [-0.25, -0.2) is 0 Å². The Kier molecular flexibility index (Phi) is 4.57. The van der Waals surface area contributed by atoms with Crippen molar-refractivity contribution in [2.24, 2.45) is 11.1 Å². The lowest BCUT2D eigenvalue weighted by molar-refractivity contribution is -0.148. The number of aromatic nitrogens is 3. The molecule has 1 unspecified atom stereocenters. The minimum atomic E-state index is -4.44. The number of nitrogens with two attached hydrogens (primary N) is 1. The molecule has 0 radical (unpaired) electrons. The van der Waals surface area contributed by atoms with Gasteiger partial charge in [0.25, 0.3) is 0 Å². The molecule has 0 saturated heterocycles. The minimum absolute atomic E-state index is 0.0101. The van der Waals surface area contributed by atoms with Crippen LogP contribution in [0.3, 0.4) is 0 Å². The van der Waals surface area contributed by atoms with Gasteiger partial charge in [-0.05, 0) is 18.4 Å². The first kappa shape index (κ1) is 16.2. The number of hydrogen-bond donors (Lipinski definition) is 1. The van der Waals surface area contributed by atoms with Crippen LogP contribution in [0, 0.1) is 5.41 Å². The molecule has 2 rings (SSSR count). The Morgan fingerprint density at radius 1 is 1.24 bits per heavy atom. The predicted molar refractivity (Wildman–Crippen MR) is 72.4 cm³/mol. The number of hydrogen-bond acceptors (Lipinski definition) is 4. The van der Waals surface area contributed by atoms with Gasteiger partial charge in [-0.15, -0.1) is 10.2 Å². The molecule has 0 saturated carbocycles. The minimum Gasteiger partial charge on any atom is -0.330 e. The zero-order valence-corrected chi connectivity index (χ0v) is 12.4. The number of rotatable bonds is 5. The van der Waals surface area contributed by atoms with Crippen LogP contribution in [0.1, 0.15) is 38.3 Å². The summed E-state index contributed by atoms with van der Waals surface area (Å²) in [6, 6.07) is 0. The van der Waals surface area contributed by atoms with E-state index >= 15 is 0 Å². The molecule has 0 aromatic carbocycles. The van der Waals surface area contributed by atoms with Crippen molar-refractivity contribution in [1.82, 2.24) is 19.7 Å². The van der Waals surface area contributed by atoms with Crippen molar-refractivity contribution in [2.45, 2.75) is 46.0 Å². The summed E-state index contributed by atoms with van der Waals surface area (Å²) in [4.78, 5) is 2.12. The van der Waals surface area contributed by atoms with Crippen LogP contribution in [0.2, 0.25) is 0 Å². The quantitative estimate of drug-likeness (QED) is 0.902. The van der Waals surface area contributed by atoms with Crippen molar-refractivity contribution in [2.75, 3.05) is 19.6 Å². The standard InChI is InChI=1S/C13H22F3N5/c1-3-4-12(2,8-17)9-20-5-6-21-10(7-20)18-19-11(21)13(14,15)16/h3-9,17H2,1-2H3. The highest BCUT2D eigenvalue weighted by Crippen LogP contribution is 2.30. The second-order valence-corrected chi connectivity index (χ2v) is 6.06. The molecule has 2 N–H and O–H groups in total. The van der Waals surface area contributed by atoms with Crippen LogP contribution in [0.4, 0.5) is 13.2 Å². The van der Waals surface area contributed by atoms with Gasteiger partial charge in [0.2, 0.25) is 5.82 Å². The van der Waals surface area contributed by atoms with E-state index in [1.165, 1.54) is 4.57 Å². The fourth-order valence-corrected chi connectivity index (χ4v) is 2.94. The van der Waals surface area contributed by atoms with Gasteiger partial charge in [0.1, 0.15) is 5.82 Å². The largest absolute Gasteiger partial charge is 0.451 e. The van der Waals surface area contributed by atoms with E-state index in [1.54, 1.807) is 0 Å². The molecule has 0 aliphatic carbocycles. The summed E-state index contributed by atoms with van der Waals surface area (Å²) in [5.74, 6) is -0.517. The van der Waals surface area contributed by atoms with Gasteiger partial charge in [-0.2, -0.15) is 13.2 Å². The van der Waals surface area contributed by atoms with Crippen LogP contribution >= 0.6 is 0 Å². The highest BCUT2D eigenvalue weighted by molar-refractivity contribution is 5.02. The zero-order valence-electron chi connectivity index (χ0n) is 12.4. The molecule has 5 nitrogen and oxygen atoms in total. The van der Waals surface area contributed by atoms with E-state index in [0.29, 0.717) is 25.5 Å². The van der Waals surface area contributed by atoms with E-state index in [0.717, 1.165) is 19.4 Å². The predicted octanol–water partition coefficient (Wildman–Crippen LogP) is 1.88. The van der Waals surface area contributed by atoms with Gasteiger partial charge >= 0.3 is 6.18 Å². The van der Waals surface area contributed by atoms with Crippen molar-refractivity contribution in [1.29, 1.82) is 0 Å². The summed E-state index contributed by atoms with van der Waals surface area (Å²) in [7, 11) is 0. The molecule has 0 spiro atoms. The Morgan fingerprint density at radius 2 is 1.95 bits per heavy atom. The highest BCUT2D eigenvalue weighted by Gasteiger charge is 2.39. The fraction of sp³-hybridized carbons (Fsp3) is 0.846. The fourth-order valence-electron chi connectivity index (χ4n) is 2.94. The summed E-state index contributed by atoms with van der Waals surface area (Å²) in [5.41, 5.74) is 5.85. The van der Waals surface area contributed by atoms with Gasteiger partial charge in [-0.1, -0.05) is 20.3 Å². The molecule has 0 bridgehead atoms. The normalized spacial score (nSPS) is 19.3. The monoisotopic (exact) mass is 305 g/mol. The van der Waals surface area contributed by atoms with Crippen molar-refractivity contribution in [3.05, 3.63) is 11.6 Å². The molecule has 120 valence electrons. The molecule has 0 amide bonds. The van der Waals surface area contributed by atoms with Crippen molar-refractivity contribution in [3.63, 3.8) is 0 Å². The van der Waals surface area contributed by atoms with Crippen molar-refractivity contribution in [3.8, 4) is 0 Å². The first-order chi connectivity index (χ1) is 9.79. The average Bonchev–Trinajstić information content (AvgIpc) is 2.81. The molecule has 21 heavy (non-hydrogen) atoms. The number of fused-ring (bicyclic) bond motifs is 1. The smallest absolute Gasteiger partial charge is 0.330 e.